The normalized spacial score (nSPS) is 26.5. The Kier molecular flexibility index (Phi) is 6.71. The average Bonchev–Trinajstić information content (AvgIpc) is 3.71. The number of tetrazole rings is 1. The molecular weight excluding hydrogens is 488 g/mol. The molecule has 12 heteroatoms. The summed E-state index contributed by atoms with van der Waals surface area (Å²) in [5, 5.41) is 30.6. The highest BCUT2D eigenvalue weighted by atomic mass is 16.5. The fourth-order valence-electron chi connectivity index (χ4n) is 6.46. The molecule has 12 nitrogen and oxygen atoms in total. The Morgan fingerprint density at radius 2 is 2.00 bits per heavy atom. The van der Waals surface area contributed by atoms with Crippen LogP contribution in [0.25, 0.3) is 11.4 Å². The topological polar surface area (TPSA) is 143 Å². The van der Waals surface area contributed by atoms with Gasteiger partial charge in [-0.3, -0.25) is 4.79 Å². The average molecular weight is 523 g/mol. The van der Waals surface area contributed by atoms with Gasteiger partial charge in [-0.05, 0) is 87.0 Å². The fourth-order valence-corrected chi connectivity index (χ4v) is 6.46. The van der Waals surface area contributed by atoms with E-state index in [2.05, 4.69) is 25.7 Å². The number of ether oxygens (including phenoxy) is 2. The van der Waals surface area contributed by atoms with Gasteiger partial charge in [-0.2, -0.15) is 4.80 Å². The first-order chi connectivity index (χ1) is 18.4. The molecular formula is C26H34N8O4. The summed E-state index contributed by atoms with van der Waals surface area (Å²) in [5.41, 5.74) is 2.80. The molecule has 38 heavy (non-hydrogen) atoms. The molecule has 0 spiro atoms. The van der Waals surface area contributed by atoms with Crippen molar-refractivity contribution in [1.29, 1.82) is 0 Å². The van der Waals surface area contributed by atoms with Crippen molar-refractivity contribution in [3.05, 3.63) is 23.5 Å². The van der Waals surface area contributed by atoms with Crippen LogP contribution in [0.4, 0.5) is 0 Å². The zero-order chi connectivity index (χ0) is 26.2. The van der Waals surface area contributed by atoms with Crippen LogP contribution in [0.15, 0.2) is 12.1 Å². The lowest BCUT2D eigenvalue weighted by Crippen LogP contribution is -2.29. The molecule has 3 aromatic heterocycles. The van der Waals surface area contributed by atoms with Gasteiger partial charge in [0.2, 0.25) is 0 Å². The maximum Gasteiger partial charge on any atom is 0.356 e. The van der Waals surface area contributed by atoms with E-state index < -0.39 is 5.97 Å². The Morgan fingerprint density at radius 3 is 2.76 bits per heavy atom. The molecule has 1 N–H and O–H groups in total. The van der Waals surface area contributed by atoms with E-state index >= 15 is 0 Å². The van der Waals surface area contributed by atoms with Gasteiger partial charge in [0.05, 0.1) is 35.7 Å². The van der Waals surface area contributed by atoms with E-state index in [0.717, 1.165) is 30.4 Å². The molecule has 2 bridgehead atoms. The summed E-state index contributed by atoms with van der Waals surface area (Å²) >= 11 is 0. The van der Waals surface area contributed by atoms with E-state index in [4.69, 9.17) is 14.5 Å². The summed E-state index contributed by atoms with van der Waals surface area (Å²) < 4.78 is 13.7. The van der Waals surface area contributed by atoms with E-state index in [0.29, 0.717) is 60.8 Å². The van der Waals surface area contributed by atoms with Crippen molar-refractivity contribution in [1.82, 2.24) is 40.2 Å². The molecule has 3 aromatic rings. The van der Waals surface area contributed by atoms with Crippen LogP contribution < -0.4 is 9.47 Å². The predicted octanol–water partition coefficient (Wildman–Crippen LogP) is 3.06. The Balaban J connectivity index is 1.11. The summed E-state index contributed by atoms with van der Waals surface area (Å²) in [6, 6.07) is 4.02. The molecule has 0 aliphatic heterocycles. The first-order valence-electron chi connectivity index (χ1n) is 13.6. The standard InChI is InChI=1S/C26H34N8O4/c1-15-23(38-20-5-3-4-18(12-20)25(35)36)9-8-21(27-15)24-22(33(2)31-28-24)13-34-30-26(29-32-34)37-14-19-11-16-6-7-17(19)10-16/h8-9,16-20H,3-7,10-14H2,1-2H3,(H,35,36)/t16?,17?,18-,19?,20-/m0/s1. The first kappa shape index (κ1) is 24.7. The van der Waals surface area contributed by atoms with Crippen molar-refractivity contribution in [2.45, 2.75) is 70.9 Å². The van der Waals surface area contributed by atoms with Crippen molar-refractivity contribution in [2.75, 3.05) is 6.61 Å². The highest BCUT2D eigenvalue weighted by Gasteiger charge is 2.39. The van der Waals surface area contributed by atoms with Crippen LogP contribution in [0.5, 0.6) is 11.8 Å². The number of rotatable bonds is 9. The second-order valence-electron chi connectivity index (χ2n) is 11.1. The van der Waals surface area contributed by atoms with Crippen molar-refractivity contribution in [2.24, 2.45) is 30.7 Å². The van der Waals surface area contributed by atoms with Crippen molar-refractivity contribution in [3.63, 3.8) is 0 Å². The number of hydrogen-bond donors (Lipinski definition) is 1. The van der Waals surface area contributed by atoms with Gasteiger partial charge < -0.3 is 14.6 Å². The number of carboxylic acids is 1. The Labute approximate surface area is 220 Å². The molecule has 0 amide bonds. The molecule has 202 valence electrons. The van der Waals surface area contributed by atoms with E-state index in [1.165, 1.54) is 30.5 Å². The number of aromatic nitrogens is 8. The third kappa shape index (κ3) is 5.08. The SMILES string of the molecule is Cc1nc(-c2nnn(C)c2Cn2nnc(OCC3CC4CCC3C4)n2)ccc1O[C@H]1CCC[C@H](C(=O)O)C1. The molecule has 5 atom stereocenters. The molecule has 3 heterocycles. The maximum absolute atomic E-state index is 11.4. The fraction of sp³-hybridized carbons (Fsp3) is 0.654. The highest BCUT2D eigenvalue weighted by molar-refractivity contribution is 5.70. The maximum atomic E-state index is 11.4. The van der Waals surface area contributed by atoms with Crippen molar-refractivity contribution < 1.29 is 19.4 Å². The molecule has 3 saturated carbocycles. The molecule has 3 fully saturated rings. The molecule has 3 aliphatic carbocycles. The number of pyridine rings is 1. The second-order valence-corrected chi connectivity index (χ2v) is 11.1. The number of fused-ring (bicyclic) bond motifs is 2. The van der Waals surface area contributed by atoms with Gasteiger partial charge >= 0.3 is 12.0 Å². The van der Waals surface area contributed by atoms with Gasteiger partial charge in [-0.15, -0.1) is 5.10 Å². The Hall–Kier alpha value is -3.57. The number of carboxylic acid groups (broad SMARTS) is 1. The van der Waals surface area contributed by atoms with Crippen LogP contribution in [0.2, 0.25) is 0 Å². The highest BCUT2D eigenvalue weighted by Crippen LogP contribution is 2.48. The second kappa shape index (κ2) is 10.3. The van der Waals surface area contributed by atoms with Crippen LogP contribution in [-0.4, -0.2) is 64.0 Å². The van der Waals surface area contributed by atoms with Crippen LogP contribution in [0, 0.1) is 30.6 Å². The summed E-state index contributed by atoms with van der Waals surface area (Å²) in [6.45, 7) is 2.85. The lowest BCUT2D eigenvalue weighted by atomic mass is 9.87. The molecule has 0 saturated heterocycles. The third-order valence-corrected chi connectivity index (χ3v) is 8.53. The summed E-state index contributed by atoms with van der Waals surface area (Å²) in [7, 11) is 1.82. The monoisotopic (exact) mass is 522 g/mol. The van der Waals surface area contributed by atoms with E-state index in [1.54, 1.807) is 4.68 Å². The number of aliphatic carboxylic acids is 1. The number of carbonyl (C=O) groups is 1. The summed E-state index contributed by atoms with van der Waals surface area (Å²) in [4.78, 5) is 17.6. The predicted molar refractivity (Wildman–Crippen MR) is 134 cm³/mol. The molecule has 3 aliphatic rings. The largest absolute Gasteiger partial charge is 0.489 e. The zero-order valence-electron chi connectivity index (χ0n) is 21.9. The van der Waals surface area contributed by atoms with E-state index in [1.807, 2.05) is 26.1 Å². The van der Waals surface area contributed by atoms with Crippen LogP contribution in [0.3, 0.4) is 0 Å². The minimum absolute atomic E-state index is 0.123. The van der Waals surface area contributed by atoms with Gasteiger partial charge in [0.1, 0.15) is 18.0 Å². The number of nitrogens with zero attached hydrogens (tertiary/aromatic N) is 8. The zero-order valence-corrected chi connectivity index (χ0v) is 21.9. The van der Waals surface area contributed by atoms with Crippen LogP contribution in [0.1, 0.15) is 62.8 Å². The quantitative estimate of drug-likeness (QED) is 0.445. The molecule has 0 radical (unpaired) electrons. The lowest BCUT2D eigenvalue weighted by Gasteiger charge is -2.27. The van der Waals surface area contributed by atoms with E-state index in [9.17, 15) is 9.90 Å². The Morgan fingerprint density at radius 1 is 1.11 bits per heavy atom. The van der Waals surface area contributed by atoms with Crippen molar-refractivity contribution in [3.8, 4) is 23.1 Å². The Bertz CT molecular complexity index is 1310. The minimum Gasteiger partial charge on any atom is -0.489 e. The summed E-state index contributed by atoms with van der Waals surface area (Å²) in [6.07, 6.45) is 8.08. The van der Waals surface area contributed by atoms with Crippen LogP contribution in [-0.2, 0) is 18.4 Å². The van der Waals surface area contributed by atoms with Gasteiger partial charge in [-0.25, -0.2) is 9.67 Å². The van der Waals surface area contributed by atoms with Crippen molar-refractivity contribution >= 4 is 5.97 Å². The number of aryl methyl sites for hydroxylation is 2. The first-order valence-corrected chi connectivity index (χ1v) is 13.6. The molecule has 3 unspecified atom stereocenters. The van der Waals surface area contributed by atoms with Crippen LogP contribution >= 0.6 is 0 Å². The number of hydrogen-bond acceptors (Lipinski definition) is 9. The van der Waals surface area contributed by atoms with E-state index in [-0.39, 0.29) is 12.0 Å². The summed E-state index contributed by atoms with van der Waals surface area (Å²) in [5.74, 6) is 1.83. The van der Waals surface area contributed by atoms with Gasteiger partial charge in [-0.1, -0.05) is 21.8 Å². The lowest BCUT2D eigenvalue weighted by molar-refractivity contribution is -0.143. The minimum atomic E-state index is -0.750. The van der Waals surface area contributed by atoms with Gasteiger partial charge in [0.15, 0.2) is 0 Å². The smallest absolute Gasteiger partial charge is 0.356 e. The molecule has 6 rings (SSSR count). The van der Waals surface area contributed by atoms with Gasteiger partial charge in [0.25, 0.3) is 0 Å². The molecule has 0 aromatic carbocycles. The van der Waals surface area contributed by atoms with Gasteiger partial charge in [0, 0.05) is 7.05 Å². The third-order valence-electron chi connectivity index (χ3n) is 8.53.